The maximum atomic E-state index is 11.9. The molecule has 0 unspecified atom stereocenters. The predicted octanol–water partition coefficient (Wildman–Crippen LogP) is 2.18. The van der Waals surface area contributed by atoms with Crippen LogP contribution in [0.4, 0.5) is 5.95 Å². The molecule has 21 heavy (non-hydrogen) atoms. The number of benzene rings is 1. The summed E-state index contributed by atoms with van der Waals surface area (Å²) in [6, 6.07) is 7.97. The first-order valence-electron chi connectivity index (χ1n) is 6.83. The van der Waals surface area contributed by atoms with Crippen molar-refractivity contribution in [2.45, 2.75) is 17.9 Å². The number of nitrogens with zero attached hydrogens (tertiary/aromatic N) is 1. The molecule has 0 atom stereocenters. The third-order valence-electron chi connectivity index (χ3n) is 3.45. The first-order valence-corrected chi connectivity index (χ1v) is 7.98. The van der Waals surface area contributed by atoms with E-state index in [4.69, 9.17) is 4.74 Å². The highest BCUT2D eigenvalue weighted by Gasteiger charge is 2.17. The lowest BCUT2D eigenvalue weighted by molar-refractivity contribution is 0.414. The molecule has 5 nitrogen and oxygen atoms in total. The Morgan fingerprint density at radius 2 is 2.14 bits per heavy atom. The molecule has 1 aromatic heterocycles. The standard InChI is InChI=1S/C15H17N3O2S/c1-20-11-4-2-10(3-5-11)6-7-16-15-17-13-9-21-8-12(13)14(19)18-15/h2-5H,6-9H2,1H3,(H2,16,17,18,19). The number of ether oxygens (including phenoxy) is 1. The van der Waals surface area contributed by atoms with Crippen molar-refractivity contribution in [3.8, 4) is 5.75 Å². The summed E-state index contributed by atoms with van der Waals surface area (Å²) in [7, 11) is 1.66. The van der Waals surface area contributed by atoms with Gasteiger partial charge < -0.3 is 10.1 Å². The first kappa shape index (κ1) is 14.0. The summed E-state index contributed by atoms with van der Waals surface area (Å²) in [5.41, 5.74) is 2.93. The van der Waals surface area contributed by atoms with Gasteiger partial charge in [-0.05, 0) is 24.1 Å². The predicted molar refractivity (Wildman–Crippen MR) is 85.0 cm³/mol. The normalized spacial score (nSPS) is 13.0. The highest BCUT2D eigenvalue weighted by atomic mass is 32.2. The number of aromatic nitrogens is 2. The van der Waals surface area contributed by atoms with E-state index in [9.17, 15) is 4.79 Å². The maximum absolute atomic E-state index is 11.9. The Morgan fingerprint density at radius 1 is 1.33 bits per heavy atom. The SMILES string of the molecule is COc1ccc(CCNc2nc3c(c(=O)[nH]2)CSC3)cc1. The minimum absolute atomic E-state index is 0.0167. The molecule has 0 spiro atoms. The Balaban J connectivity index is 1.60. The molecule has 1 aromatic carbocycles. The van der Waals surface area contributed by atoms with Gasteiger partial charge in [0.1, 0.15) is 5.75 Å². The monoisotopic (exact) mass is 303 g/mol. The highest BCUT2D eigenvalue weighted by molar-refractivity contribution is 7.98. The first-order chi connectivity index (χ1) is 10.3. The van der Waals surface area contributed by atoms with Crippen LogP contribution < -0.4 is 15.6 Å². The van der Waals surface area contributed by atoms with E-state index >= 15 is 0 Å². The van der Waals surface area contributed by atoms with E-state index in [-0.39, 0.29) is 5.56 Å². The molecule has 1 aliphatic rings. The lowest BCUT2D eigenvalue weighted by atomic mass is 10.1. The summed E-state index contributed by atoms with van der Waals surface area (Å²) in [4.78, 5) is 19.1. The molecule has 0 bridgehead atoms. The molecule has 1 aliphatic heterocycles. The van der Waals surface area contributed by atoms with Crippen molar-refractivity contribution in [3.05, 3.63) is 51.4 Å². The van der Waals surface area contributed by atoms with Crippen molar-refractivity contribution in [1.29, 1.82) is 0 Å². The van der Waals surface area contributed by atoms with Crippen molar-refractivity contribution in [3.63, 3.8) is 0 Å². The second-order valence-electron chi connectivity index (χ2n) is 4.86. The molecule has 0 radical (unpaired) electrons. The van der Waals surface area contributed by atoms with E-state index in [0.29, 0.717) is 5.95 Å². The fraction of sp³-hybridized carbons (Fsp3) is 0.333. The highest BCUT2D eigenvalue weighted by Crippen LogP contribution is 2.25. The van der Waals surface area contributed by atoms with Crippen molar-refractivity contribution in [1.82, 2.24) is 9.97 Å². The van der Waals surface area contributed by atoms with Crippen LogP contribution in [-0.4, -0.2) is 23.6 Å². The number of hydrogen-bond donors (Lipinski definition) is 2. The van der Waals surface area contributed by atoms with Gasteiger partial charge >= 0.3 is 0 Å². The van der Waals surface area contributed by atoms with E-state index in [1.165, 1.54) is 5.56 Å². The van der Waals surface area contributed by atoms with Gasteiger partial charge in [0.25, 0.3) is 5.56 Å². The van der Waals surface area contributed by atoms with Crippen LogP contribution in [0.3, 0.4) is 0 Å². The molecular formula is C15H17N3O2S. The number of thioether (sulfide) groups is 1. The number of aromatic amines is 1. The van der Waals surface area contributed by atoms with Crippen LogP contribution in [-0.2, 0) is 17.9 Å². The number of fused-ring (bicyclic) bond motifs is 1. The molecular weight excluding hydrogens is 286 g/mol. The molecule has 2 aromatic rings. The molecule has 2 N–H and O–H groups in total. The third-order valence-corrected chi connectivity index (χ3v) is 4.42. The molecule has 0 aliphatic carbocycles. The third kappa shape index (κ3) is 3.21. The zero-order valence-electron chi connectivity index (χ0n) is 11.8. The van der Waals surface area contributed by atoms with E-state index < -0.39 is 0 Å². The van der Waals surface area contributed by atoms with Crippen LogP contribution in [0.1, 0.15) is 16.8 Å². The summed E-state index contributed by atoms with van der Waals surface area (Å²) in [5, 5.41) is 3.19. The molecule has 2 heterocycles. The Morgan fingerprint density at radius 3 is 2.90 bits per heavy atom. The lowest BCUT2D eigenvalue weighted by Crippen LogP contribution is -2.18. The van der Waals surface area contributed by atoms with Crippen LogP contribution in [0.2, 0.25) is 0 Å². The number of nitrogens with one attached hydrogen (secondary N) is 2. The Hall–Kier alpha value is -1.95. The molecule has 110 valence electrons. The lowest BCUT2D eigenvalue weighted by Gasteiger charge is -2.07. The molecule has 3 rings (SSSR count). The average Bonchev–Trinajstić information content (AvgIpc) is 2.97. The second-order valence-corrected chi connectivity index (χ2v) is 5.84. The fourth-order valence-electron chi connectivity index (χ4n) is 2.26. The van der Waals surface area contributed by atoms with Crippen LogP contribution in [0.5, 0.6) is 5.75 Å². The van der Waals surface area contributed by atoms with Gasteiger partial charge in [0, 0.05) is 23.6 Å². The van der Waals surface area contributed by atoms with E-state index in [0.717, 1.165) is 41.5 Å². The van der Waals surface area contributed by atoms with Crippen LogP contribution in [0.25, 0.3) is 0 Å². The van der Waals surface area contributed by atoms with Crippen molar-refractivity contribution in [2.24, 2.45) is 0 Å². The quantitative estimate of drug-likeness (QED) is 0.886. The Kier molecular flexibility index (Phi) is 4.15. The van der Waals surface area contributed by atoms with Gasteiger partial charge in [-0.25, -0.2) is 4.98 Å². The number of rotatable bonds is 5. The number of anilines is 1. The maximum Gasteiger partial charge on any atom is 0.256 e. The van der Waals surface area contributed by atoms with Gasteiger partial charge in [0.05, 0.1) is 12.8 Å². The summed E-state index contributed by atoms with van der Waals surface area (Å²) in [6.45, 7) is 0.723. The van der Waals surface area contributed by atoms with Gasteiger partial charge in [0.2, 0.25) is 5.95 Å². The topological polar surface area (TPSA) is 67.0 Å². The van der Waals surface area contributed by atoms with Crippen LogP contribution in [0.15, 0.2) is 29.1 Å². The van der Waals surface area contributed by atoms with Crippen LogP contribution >= 0.6 is 11.8 Å². The number of hydrogen-bond acceptors (Lipinski definition) is 5. The van der Waals surface area contributed by atoms with Crippen molar-refractivity contribution < 1.29 is 4.74 Å². The van der Waals surface area contributed by atoms with Gasteiger partial charge in [-0.15, -0.1) is 0 Å². The molecule has 6 heteroatoms. The van der Waals surface area contributed by atoms with Crippen molar-refractivity contribution in [2.75, 3.05) is 19.0 Å². The number of methoxy groups -OCH3 is 1. The van der Waals surface area contributed by atoms with E-state index in [1.54, 1.807) is 18.9 Å². The minimum atomic E-state index is -0.0167. The number of H-pyrrole nitrogens is 1. The summed E-state index contributed by atoms with van der Waals surface area (Å²) < 4.78 is 5.13. The molecule has 0 saturated heterocycles. The molecule has 0 amide bonds. The molecule has 0 fully saturated rings. The summed E-state index contributed by atoms with van der Waals surface area (Å²) in [5.74, 6) is 3.01. The Bertz CT molecular complexity index is 682. The van der Waals surface area contributed by atoms with Gasteiger partial charge in [-0.2, -0.15) is 11.8 Å². The summed E-state index contributed by atoms with van der Waals surface area (Å²) in [6.07, 6.45) is 0.861. The largest absolute Gasteiger partial charge is 0.497 e. The average molecular weight is 303 g/mol. The van der Waals surface area contributed by atoms with Crippen LogP contribution in [0, 0.1) is 0 Å². The second kappa shape index (κ2) is 6.22. The van der Waals surface area contributed by atoms with Gasteiger partial charge in [0.15, 0.2) is 0 Å². The smallest absolute Gasteiger partial charge is 0.256 e. The molecule has 0 saturated carbocycles. The minimum Gasteiger partial charge on any atom is -0.497 e. The Labute approximate surface area is 127 Å². The zero-order chi connectivity index (χ0) is 14.7. The summed E-state index contributed by atoms with van der Waals surface area (Å²) >= 11 is 1.73. The zero-order valence-corrected chi connectivity index (χ0v) is 12.6. The van der Waals surface area contributed by atoms with Gasteiger partial charge in [-0.3, -0.25) is 9.78 Å². The van der Waals surface area contributed by atoms with E-state index in [1.807, 2.05) is 24.3 Å². The van der Waals surface area contributed by atoms with Gasteiger partial charge in [-0.1, -0.05) is 12.1 Å². The van der Waals surface area contributed by atoms with E-state index in [2.05, 4.69) is 15.3 Å². The van der Waals surface area contributed by atoms with Crippen molar-refractivity contribution >= 4 is 17.7 Å². The fourth-order valence-corrected chi connectivity index (χ4v) is 3.30.